The predicted octanol–water partition coefficient (Wildman–Crippen LogP) is 1.98. The summed E-state index contributed by atoms with van der Waals surface area (Å²) in [5.41, 5.74) is 2.00. The highest BCUT2D eigenvalue weighted by Gasteiger charge is 2.35. The van der Waals surface area contributed by atoms with Gasteiger partial charge in [0.15, 0.2) is 5.82 Å². The zero-order valence-electron chi connectivity index (χ0n) is 15.6. The fraction of sp³-hybridized carbons (Fsp3) is 0.500. The van der Waals surface area contributed by atoms with Gasteiger partial charge in [-0.25, -0.2) is 0 Å². The number of carbonyl (C=O) groups is 2. The maximum absolute atomic E-state index is 12.6. The Balaban J connectivity index is 1.37. The molecule has 0 aliphatic carbocycles. The number of benzene rings is 1. The lowest BCUT2D eigenvalue weighted by molar-refractivity contribution is -0.126. The van der Waals surface area contributed by atoms with Crippen LogP contribution in [0.2, 0.25) is 0 Å². The quantitative estimate of drug-likeness (QED) is 0.896. The number of anilines is 1. The van der Waals surface area contributed by atoms with Crippen molar-refractivity contribution in [2.24, 2.45) is 5.92 Å². The van der Waals surface area contributed by atoms with E-state index in [2.05, 4.69) is 20.1 Å². The van der Waals surface area contributed by atoms with Gasteiger partial charge in [-0.2, -0.15) is 0 Å². The van der Waals surface area contributed by atoms with Gasteiger partial charge in [-0.15, -0.1) is 10.2 Å². The molecule has 4 rings (SSSR count). The Labute approximate surface area is 158 Å². The molecular weight excluding hydrogens is 342 g/mol. The van der Waals surface area contributed by atoms with Gasteiger partial charge in [-0.1, -0.05) is 24.1 Å². The summed E-state index contributed by atoms with van der Waals surface area (Å²) in [4.78, 5) is 26.7. The fourth-order valence-electron chi connectivity index (χ4n) is 3.84. The minimum Gasteiger partial charge on any atom is -0.348 e. The highest BCUT2D eigenvalue weighted by molar-refractivity contribution is 6.00. The van der Waals surface area contributed by atoms with E-state index in [0.717, 1.165) is 48.7 Å². The van der Waals surface area contributed by atoms with Crippen molar-refractivity contribution in [2.45, 2.75) is 52.1 Å². The molecule has 2 aromatic rings. The van der Waals surface area contributed by atoms with Crippen LogP contribution in [0.4, 0.5) is 5.69 Å². The summed E-state index contributed by atoms with van der Waals surface area (Å²) in [6, 6.07) is 7.82. The number of aryl methyl sites for hydroxylation is 2. The summed E-state index contributed by atoms with van der Waals surface area (Å²) in [7, 11) is 0. The predicted molar refractivity (Wildman–Crippen MR) is 101 cm³/mol. The largest absolute Gasteiger partial charge is 0.348 e. The molecule has 3 heterocycles. The van der Waals surface area contributed by atoms with Crippen LogP contribution in [-0.2, 0) is 29.1 Å². The topological polar surface area (TPSA) is 80.1 Å². The van der Waals surface area contributed by atoms with E-state index >= 15 is 0 Å². The molecule has 142 valence electrons. The van der Waals surface area contributed by atoms with Crippen LogP contribution >= 0.6 is 0 Å². The molecule has 0 bridgehead atoms. The lowest BCUT2D eigenvalue weighted by atomic mass is 10.1. The SMILES string of the molecule is Cc1ccc(N2C[C@H](C(=O)NCc3nnc4n3CCCCC4)CC2=O)cc1. The van der Waals surface area contributed by atoms with Gasteiger partial charge in [0.1, 0.15) is 5.82 Å². The van der Waals surface area contributed by atoms with Crippen LogP contribution in [0.1, 0.15) is 42.9 Å². The Bertz CT molecular complexity index is 843. The Morgan fingerprint density at radius 2 is 2.00 bits per heavy atom. The molecule has 0 unspecified atom stereocenters. The van der Waals surface area contributed by atoms with Gasteiger partial charge < -0.3 is 14.8 Å². The molecule has 1 saturated heterocycles. The molecule has 2 aliphatic heterocycles. The number of rotatable bonds is 4. The van der Waals surface area contributed by atoms with Crippen LogP contribution in [0.25, 0.3) is 0 Å². The van der Waals surface area contributed by atoms with Gasteiger partial charge in [-0.3, -0.25) is 9.59 Å². The van der Waals surface area contributed by atoms with E-state index in [1.54, 1.807) is 4.90 Å². The summed E-state index contributed by atoms with van der Waals surface area (Å²) >= 11 is 0. The van der Waals surface area contributed by atoms with Crippen molar-refractivity contribution in [3.63, 3.8) is 0 Å². The van der Waals surface area contributed by atoms with Crippen LogP contribution in [-0.4, -0.2) is 33.1 Å². The summed E-state index contributed by atoms with van der Waals surface area (Å²) in [5, 5.41) is 11.5. The highest BCUT2D eigenvalue weighted by Crippen LogP contribution is 2.25. The van der Waals surface area contributed by atoms with Gasteiger partial charge in [0.25, 0.3) is 0 Å². The normalized spacial score (nSPS) is 19.7. The molecular formula is C20H25N5O2. The zero-order valence-corrected chi connectivity index (χ0v) is 15.6. The molecule has 1 fully saturated rings. The molecule has 1 atom stereocenters. The summed E-state index contributed by atoms with van der Waals surface area (Å²) in [6.07, 6.45) is 4.66. The number of hydrogen-bond acceptors (Lipinski definition) is 4. The molecule has 2 amide bonds. The number of carbonyl (C=O) groups excluding carboxylic acids is 2. The molecule has 0 radical (unpaired) electrons. The van der Waals surface area contributed by atoms with Crippen molar-refractivity contribution in [3.8, 4) is 0 Å². The smallest absolute Gasteiger partial charge is 0.227 e. The standard InChI is InChI=1S/C20H25N5O2/c1-14-6-8-16(9-7-14)25-13-15(11-19(25)26)20(27)21-12-18-23-22-17-5-3-2-4-10-24(17)18/h6-9,15H,2-5,10-13H2,1H3,(H,21,27)/t15-/m1/s1. The van der Waals surface area contributed by atoms with Crippen molar-refractivity contribution in [2.75, 3.05) is 11.4 Å². The molecule has 7 heteroatoms. The molecule has 1 aromatic carbocycles. The van der Waals surface area contributed by atoms with E-state index in [0.29, 0.717) is 13.1 Å². The number of fused-ring (bicyclic) bond motifs is 1. The summed E-state index contributed by atoms with van der Waals surface area (Å²) in [5.74, 6) is 1.39. The monoisotopic (exact) mass is 367 g/mol. The molecule has 1 N–H and O–H groups in total. The number of hydrogen-bond donors (Lipinski definition) is 1. The summed E-state index contributed by atoms with van der Waals surface area (Å²) in [6.45, 7) is 3.71. The van der Waals surface area contributed by atoms with Crippen molar-refractivity contribution < 1.29 is 9.59 Å². The Morgan fingerprint density at radius 1 is 1.19 bits per heavy atom. The first-order chi connectivity index (χ1) is 13.1. The molecule has 1 aromatic heterocycles. The second kappa shape index (κ2) is 7.50. The van der Waals surface area contributed by atoms with Crippen molar-refractivity contribution in [1.82, 2.24) is 20.1 Å². The lowest BCUT2D eigenvalue weighted by Crippen LogP contribution is -2.33. The first-order valence-electron chi connectivity index (χ1n) is 9.67. The van der Waals surface area contributed by atoms with E-state index in [-0.39, 0.29) is 24.2 Å². The molecule has 27 heavy (non-hydrogen) atoms. The third kappa shape index (κ3) is 3.72. The second-order valence-electron chi connectivity index (χ2n) is 7.45. The first kappa shape index (κ1) is 17.7. The van der Waals surface area contributed by atoms with Crippen LogP contribution in [0.15, 0.2) is 24.3 Å². The van der Waals surface area contributed by atoms with Gasteiger partial charge in [0.2, 0.25) is 11.8 Å². The third-order valence-electron chi connectivity index (χ3n) is 5.45. The second-order valence-corrected chi connectivity index (χ2v) is 7.45. The average molecular weight is 367 g/mol. The summed E-state index contributed by atoms with van der Waals surface area (Å²) < 4.78 is 2.13. The van der Waals surface area contributed by atoms with Crippen molar-refractivity contribution in [3.05, 3.63) is 41.5 Å². The zero-order chi connectivity index (χ0) is 18.8. The molecule has 2 aliphatic rings. The Kier molecular flexibility index (Phi) is 4.92. The van der Waals surface area contributed by atoms with Crippen molar-refractivity contribution in [1.29, 1.82) is 0 Å². The average Bonchev–Trinajstić information content (AvgIpc) is 3.15. The molecule has 0 spiro atoms. The molecule has 0 saturated carbocycles. The number of aromatic nitrogens is 3. The minimum absolute atomic E-state index is 0.00431. The highest BCUT2D eigenvalue weighted by atomic mass is 16.2. The van der Waals surface area contributed by atoms with E-state index < -0.39 is 0 Å². The van der Waals surface area contributed by atoms with Gasteiger partial charge in [0.05, 0.1) is 12.5 Å². The van der Waals surface area contributed by atoms with Gasteiger partial charge in [-0.05, 0) is 31.9 Å². The van der Waals surface area contributed by atoms with Crippen LogP contribution in [0, 0.1) is 12.8 Å². The number of nitrogens with one attached hydrogen (secondary N) is 1. The van der Waals surface area contributed by atoms with Crippen LogP contribution in [0.3, 0.4) is 0 Å². The Morgan fingerprint density at radius 3 is 2.81 bits per heavy atom. The van der Waals surface area contributed by atoms with Crippen LogP contribution in [0.5, 0.6) is 0 Å². The first-order valence-corrected chi connectivity index (χ1v) is 9.67. The van der Waals surface area contributed by atoms with Gasteiger partial charge >= 0.3 is 0 Å². The van der Waals surface area contributed by atoms with E-state index in [9.17, 15) is 9.59 Å². The molecule has 7 nitrogen and oxygen atoms in total. The number of nitrogens with zero attached hydrogens (tertiary/aromatic N) is 4. The van der Waals surface area contributed by atoms with E-state index in [1.807, 2.05) is 31.2 Å². The van der Waals surface area contributed by atoms with Crippen molar-refractivity contribution >= 4 is 17.5 Å². The Hall–Kier alpha value is -2.70. The van der Waals surface area contributed by atoms with E-state index in [1.165, 1.54) is 6.42 Å². The third-order valence-corrected chi connectivity index (χ3v) is 5.45. The maximum Gasteiger partial charge on any atom is 0.227 e. The van der Waals surface area contributed by atoms with Gasteiger partial charge in [0, 0.05) is 31.6 Å². The maximum atomic E-state index is 12.6. The van der Waals surface area contributed by atoms with Crippen LogP contribution < -0.4 is 10.2 Å². The number of amides is 2. The van der Waals surface area contributed by atoms with E-state index in [4.69, 9.17) is 0 Å². The fourth-order valence-corrected chi connectivity index (χ4v) is 3.84. The lowest BCUT2D eigenvalue weighted by Gasteiger charge is -2.17. The minimum atomic E-state index is -0.328.